The van der Waals surface area contributed by atoms with Gasteiger partial charge in [0.2, 0.25) is 0 Å². The van der Waals surface area contributed by atoms with Gasteiger partial charge in [-0.25, -0.2) is 4.79 Å². The van der Waals surface area contributed by atoms with Gasteiger partial charge in [0.05, 0.1) is 5.03 Å². The highest BCUT2D eigenvalue weighted by atomic mass is 32.2. The van der Waals surface area contributed by atoms with Crippen LogP contribution in [0.2, 0.25) is 0 Å². The second-order valence-electron chi connectivity index (χ2n) is 5.90. The highest BCUT2D eigenvalue weighted by molar-refractivity contribution is 8.03. The van der Waals surface area contributed by atoms with E-state index in [0.29, 0.717) is 0 Å². The molecule has 26 heavy (non-hydrogen) atoms. The van der Waals surface area contributed by atoms with Crippen molar-refractivity contribution in [2.24, 2.45) is 11.6 Å². The lowest BCUT2D eigenvalue weighted by Crippen LogP contribution is -2.30. The average molecular weight is 391 g/mol. The summed E-state index contributed by atoms with van der Waals surface area (Å²) in [6.07, 6.45) is -1.66. The van der Waals surface area contributed by atoms with Crippen molar-refractivity contribution in [2.45, 2.75) is 43.2 Å². The first-order valence-corrected chi connectivity index (χ1v) is 8.79. The van der Waals surface area contributed by atoms with Gasteiger partial charge >= 0.3 is 12.3 Å². The number of ether oxygens (including phenoxy) is 1. The van der Waals surface area contributed by atoms with Crippen LogP contribution < -0.4 is 21.7 Å². The van der Waals surface area contributed by atoms with Gasteiger partial charge in [0.15, 0.2) is 5.70 Å². The first-order valence-electron chi connectivity index (χ1n) is 7.91. The molecule has 0 unspecified atom stereocenters. The van der Waals surface area contributed by atoms with Crippen LogP contribution >= 0.6 is 11.8 Å². The third-order valence-corrected chi connectivity index (χ3v) is 5.40. The Kier molecular flexibility index (Phi) is 6.65. The number of nitrogens with one attached hydrogen (secondary N) is 1. The van der Waals surface area contributed by atoms with E-state index in [0.717, 1.165) is 31.2 Å². The van der Waals surface area contributed by atoms with E-state index in [1.807, 2.05) is 0 Å². The minimum absolute atomic E-state index is 0.115. The molecule has 0 saturated heterocycles. The normalized spacial score (nSPS) is 21.7. The predicted molar refractivity (Wildman–Crippen MR) is 91.9 cm³/mol. The fourth-order valence-corrected chi connectivity index (χ4v) is 4.09. The molecule has 0 aliphatic heterocycles. The number of carbonyl (C=O) groups is 1. The first-order chi connectivity index (χ1) is 12.2. The molecule has 0 aromatic heterocycles. The van der Waals surface area contributed by atoms with Crippen LogP contribution in [0.4, 0.5) is 13.2 Å². The third kappa shape index (κ3) is 5.73. The number of thioether (sulfide) groups is 1. The Morgan fingerprint density at radius 3 is 2.46 bits per heavy atom. The maximum absolute atomic E-state index is 12.3. The van der Waals surface area contributed by atoms with E-state index >= 15 is 0 Å². The molecule has 1 aliphatic carbocycles. The smallest absolute Gasteiger partial charge is 0.476 e. The molecule has 1 aromatic carbocycles. The Hall–Kier alpha value is -2.07. The van der Waals surface area contributed by atoms with E-state index < -0.39 is 12.3 Å². The fraction of sp³-hybridized carbons (Fsp3) is 0.438. The molecule has 1 aromatic rings. The number of benzene rings is 1. The Bertz CT molecular complexity index is 674. The number of aliphatic carboxylic acids is 1. The lowest BCUT2D eigenvalue weighted by Gasteiger charge is -2.28. The van der Waals surface area contributed by atoms with Crippen LogP contribution in [-0.4, -0.2) is 22.7 Å². The molecule has 10 heteroatoms. The molecule has 1 aliphatic rings. The number of carboxylic acid groups (broad SMARTS) is 1. The lowest BCUT2D eigenvalue weighted by molar-refractivity contribution is -0.274. The quantitative estimate of drug-likeness (QED) is 0.335. The fourth-order valence-electron chi connectivity index (χ4n) is 2.96. The largest absolute Gasteiger partial charge is 0.573 e. The number of halogens is 3. The molecule has 1 fully saturated rings. The van der Waals surface area contributed by atoms with Gasteiger partial charge < -0.3 is 21.0 Å². The summed E-state index contributed by atoms with van der Waals surface area (Å²) in [7, 11) is 0. The van der Waals surface area contributed by atoms with Gasteiger partial charge in [0, 0.05) is 5.25 Å². The summed E-state index contributed by atoms with van der Waals surface area (Å²) in [4.78, 5) is 11.0. The van der Waals surface area contributed by atoms with E-state index in [2.05, 4.69) is 10.2 Å². The van der Waals surface area contributed by atoms with Crippen molar-refractivity contribution in [1.29, 1.82) is 0 Å². The van der Waals surface area contributed by atoms with Gasteiger partial charge in [-0.05, 0) is 49.3 Å². The van der Waals surface area contributed by atoms with Crippen molar-refractivity contribution >= 4 is 17.7 Å². The van der Waals surface area contributed by atoms with Crippen LogP contribution in [0.3, 0.4) is 0 Å². The van der Waals surface area contributed by atoms with Crippen molar-refractivity contribution in [3.8, 4) is 5.75 Å². The highest BCUT2D eigenvalue weighted by Gasteiger charge is 2.31. The minimum atomic E-state index is -4.71. The Balaban J connectivity index is 1.96. The number of nitrogens with two attached hydrogens (primary N) is 2. The van der Waals surface area contributed by atoms with Crippen LogP contribution in [0, 0.1) is 0 Å². The monoisotopic (exact) mass is 391 g/mol. The molecular formula is C16H20F3N3O3S. The van der Waals surface area contributed by atoms with Gasteiger partial charge in [0.25, 0.3) is 0 Å². The molecule has 0 heterocycles. The first kappa shape index (κ1) is 20.2. The van der Waals surface area contributed by atoms with E-state index in [9.17, 15) is 18.0 Å². The summed E-state index contributed by atoms with van der Waals surface area (Å²) in [5, 5.41) is 9.23. The number of alkyl halides is 3. The zero-order valence-corrected chi connectivity index (χ0v) is 14.6. The Morgan fingerprint density at radius 2 is 1.92 bits per heavy atom. The molecule has 0 amide bonds. The molecule has 6 nitrogen and oxygen atoms in total. The maximum atomic E-state index is 12.3. The zero-order chi connectivity index (χ0) is 19.3. The number of carboxylic acids is 1. The van der Waals surface area contributed by atoms with Crippen LogP contribution in [0.1, 0.15) is 37.2 Å². The molecule has 2 rings (SSSR count). The second-order valence-corrected chi connectivity index (χ2v) is 7.24. The van der Waals surface area contributed by atoms with Crippen LogP contribution in [0.25, 0.3) is 0 Å². The van der Waals surface area contributed by atoms with Crippen LogP contribution in [0.5, 0.6) is 5.75 Å². The van der Waals surface area contributed by atoms with Gasteiger partial charge in [-0.3, -0.25) is 5.84 Å². The average Bonchev–Trinajstić information content (AvgIpc) is 2.54. The second kappa shape index (κ2) is 8.54. The minimum Gasteiger partial charge on any atom is -0.476 e. The van der Waals surface area contributed by atoms with Crippen LogP contribution in [-0.2, 0) is 4.79 Å². The molecule has 6 N–H and O–H groups in total. The Morgan fingerprint density at radius 1 is 1.27 bits per heavy atom. The topological polar surface area (TPSA) is 111 Å². The van der Waals surface area contributed by atoms with E-state index in [4.69, 9.17) is 16.7 Å². The Labute approximate surface area is 152 Å². The predicted octanol–water partition coefficient (Wildman–Crippen LogP) is 3.02. The third-order valence-electron chi connectivity index (χ3n) is 4.14. The van der Waals surface area contributed by atoms with Crippen molar-refractivity contribution in [3.05, 3.63) is 40.6 Å². The van der Waals surface area contributed by atoms with Gasteiger partial charge in [-0.2, -0.15) is 0 Å². The highest BCUT2D eigenvalue weighted by Crippen LogP contribution is 2.40. The number of hydrazine groups is 1. The molecule has 0 atom stereocenters. The summed E-state index contributed by atoms with van der Waals surface area (Å²) in [5.41, 5.74) is 8.42. The van der Waals surface area contributed by atoms with Crippen molar-refractivity contribution in [3.63, 3.8) is 0 Å². The molecular weight excluding hydrogens is 371 g/mol. The van der Waals surface area contributed by atoms with E-state index in [-0.39, 0.29) is 27.6 Å². The van der Waals surface area contributed by atoms with E-state index in [1.165, 1.54) is 23.9 Å². The molecule has 1 saturated carbocycles. The van der Waals surface area contributed by atoms with Crippen molar-refractivity contribution in [1.82, 2.24) is 5.43 Å². The van der Waals surface area contributed by atoms with Gasteiger partial charge in [0.1, 0.15) is 5.75 Å². The summed E-state index contributed by atoms with van der Waals surface area (Å²) >= 11 is 1.25. The molecule has 0 bridgehead atoms. The summed E-state index contributed by atoms with van der Waals surface area (Å²) in [6, 6.07) is 6.03. The number of hydrogen-bond donors (Lipinski definition) is 4. The zero-order valence-electron chi connectivity index (χ0n) is 13.8. The summed E-state index contributed by atoms with van der Waals surface area (Å²) < 4.78 is 41.0. The summed E-state index contributed by atoms with van der Waals surface area (Å²) in [5.74, 6) is 3.83. The maximum Gasteiger partial charge on any atom is 0.573 e. The molecule has 144 valence electrons. The van der Waals surface area contributed by atoms with Crippen molar-refractivity contribution < 1.29 is 27.8 Å². The van der Waals surface area contributed by atoms with Crippen molar-refractivity contribution in [2.75, 3.05) is 0 Å². The lowest BCUT2D eigenvalue weighted by atomic mass is 9.84. The van der Waals surface area contributed by atoms with Gasteiger partial charge in [-0.15, -0.1) is 24.9 Å². The SMILES string of the molecule is NN/C(C(=O)O)=C(\N)SC1CCC(c2cccc(OC(F)(F)F)c2)CC1. The van der Waals surface area contributed by atoms with Crippen LogP contribution in [0.15, 0.2) is 35.0 Å². The molecule has 0 spiro atoms. The number of rotatable bonds is 6. The summed E-state index contributed by atoms with van der Waals surface area (Å²) in [6.45, 7) is 0. The molecule has 0 radical (unpaired) electrons. The van der Waals surface area contributed by atoms with Gasteiger partial charge in [-0.1, -0.05) is 12.1 Å². The number of hydrogen-bond acceptors (Lipinski definition) is 6. The van der Waals surface area contributed by atoms with E-state index in [1.54, 1.807) is 12.1 Å². The standard InChI is InChI=1S/C16H20F3N3O3S/c17-16(18,19)25-11-3-1-2-10(8-11)9-4-6-12(7-5-9)26-14(20)13(22-21)15(23)24/h1-3,8-9,12,22H,4-7,20-21H2,(H,23,24)/b14-13+.